The van der Waals surface area contributed by atoms with E-state index in [0.29, 0.717) is 34.0 Å². The normalized spacial score (nSPS) is 13.4. The van der Waals surface area contributed by atoms with Gasteiger partial charge < -0.3 is 0 Å². The Morgan fingerprint density at radius 2 is 0.388 bits per heavy atom. The third-order valence-electron chi connectivity index (χ3n) is 16.4. The summed E-state index contributed by atoms with van der Waals surface area (Å²) in [6.07, 6.45) is -54.8. The van der Waals surface area contributed by atoms with Gasteiger partial charge in [-0.1, -0.05) is 245 Å². The molecule has 0 amide bonds. The molecule has 0 aromatic heterocycles. The standard InChI is InChI=1S/C36H54BP3.C32H12BF24.Fe/c1-25(2)38(26(3)4)34-22-16-13-19-31(34)37(32-20-14-17-23-35(32)39(27(5)6)28(7)8)33-21-15-18-24-36(33)40(29(9)10)30(11)12;34-25(35,36)13-1-14(26(37,38)39)6-21(5-13)33(22-7-15(27(40,41)42)2-16(8-22)28(43,44)45,23-9-17(29(46,47)48)3-18(10-23)30(49,50)51)24-11-19(31(52,53)54)4-20(12-24)32(55,56)57;/h13-30H,1-12H3;1-12H;/q;-1;. The molecule has 0 spiro atoms. The molecule has 0 fully saturated rings. The summed E-state index contributed by atoms with van der Waals surface area (Å²) < 4.78 is 341. The maximum absolute atomic E-state index is 14.2. The Kier molecular flexibility index (Phi) is 26.2. The van der Waals surface area contributed by atoms with Crippen molar-refractivity contribution in [3.63, 3.8) is 0 Å². The molecule has 0 aliphatic rings. The molecule has 7 aromatic rings. The van der Waals surface area contributed by atoms with Gasteiger partial charge in [0.1, 0.15) is 6.15 Å². The van der Waals surface area contributed by atoms with Gasteiger partial charge in [-0.05, 0) is 74.1 Å². The second-order valence-corrected chi connectivity index (χ2v) is 35.2. The van der Waals surface area contributed by atoms with E-state index >= 15 is 0 Å². The quantitative estimate of drug-likeness (QED) is 0.0514. The zero-order valence-corrected chi connectivity index (χ0v) is 58.0. The van der Waals surface area contributed by atoms with Crippen molar-refractivity contribution >= 4 is 90.8 Å². The van der Waals surface area contributed by atoms with Crippen molar-refractivity contribution in [3.8, 4) is 0 Å². The minimum Gasteiger partial charge on any atom is -0.194 e. The predicted molar refractivity (Wildman–Crippen MR) is 345 cm³/mol. The van der Waals surface area contributed by atoms with Crippen LogP contribution in [0.15, 0.2) is 146 Å². The predicted octanol–water partition coefficient (Wildman–Crippen LogP) is 19.2. The molecule has 0 saturated heterocycles. The van der Waals surface area contributed by atoms with Crippen LogP contribution in [0, 0.1) is 0 Å². The monoisotopic (exact) mass is 1510 g/mol. The molecule has 30 heteroatoms. The van der Waals surface area contributed by atoms with Crippen molar-refractivity contribution in [1.29, 1.82) is 0 Å². The molecule has 0 unspecified atom stereocenters. The summed E-state index contributed by atoms with van der Waals surface area (Å²) in [4.78, 5) is 0. The van der Waals surface area contributed by atoms with Crippen LogP contribution >= 0.6 is 23.8 Å². The number of hydrogen-bond donors (Lipinski definition) is 0. The van der Waals surface area contributed by atoms with Crippen LogP contribution < -0.4 is 54.2 Å². The third-order valence-corrected chi connectivity index (χ3v) is 25.9. The number of alkyl halides is 24. The van der Waals surface area contributed by atoms with Crippen LogP contribution in [0.4, 0.5) is 105 Å². The number of rotatable bonds is 16. The van der Waals surface area contributed by atoms with Crippen molar-refractivity contribution < 1.29 is 122 Å². The molecule has 98 heavy (non-hydrogen) atoms. The van der Waals surface area contributed by atoms with E-state index in [9.17, 15) is 105 Å². The summed E-state index contributed by atoms with van der Waals surface area (Å²) in [5.74, 6) is 0. The molecule has 0 aliphatic carbocycles. The van der Waals surface area contributed by atoms with E-state index in [1.54, 1.807) is 32.3 Å². The molecule has 7 rings (SSSR count). The summed E-state index contributed by atoms with van der Waals surface area (Å²) in [6.45, 7) is 29.5. The first-order chi connectivity index (χ1) is 44.1. The first kappa shape index (κ1) is 83.5. The average Bonchev–Trinajstić information content (AvgIpc) is 0.709. The zero-order chi connectivity index (χ0) is 73.6. The van der Waals surface area contributed by atoms with Gasteiger partial charge in [0.05, 0.1) is 44.5 Å². The second kappa shape index (κ2) is 30.8. The number of halogens is 24. The van der Waals surface area contributed by atoms with E-state index < -0.39 is 195 Å². The van der Waals surface area contributed by atoms with Crippen molar-refractivity contribution in [2.75, 3.05) is 0 Å². The van der Waals surface area contributed by atoms with E-state index in [2.05, 4.69) is 156 Å². The van der Waals surface area contributed by atoms with Crippen molar-refractivity contribution in [2.45, 2.75) is 166 Å². The minimum atomic E-state index is -6.13. The maximum atomic E-state index is 14.2. The van der Waals surface area contributed by atoms with Crippen LogP contribution in [0.5, 0.6) is 0 Å². The SMILES string of the molecule is CC(C)P(c1ccccc1B(c1ccccc1P(C(C)C)C(C)C)c1ccccc1P(C(C)C)C(C)C)C(C)C.FC(F)(F)c1cc([B-](c2cc(C(F)(F)F)cc(C(F)(F)F)c2)(c2cc(C(F)(F)F)cc(C(F)(F)F)c2)c2cc(C(F)(F)F)cc(C(F)(F)F)c2)cc(C(F)(F)F)c1.[Fe]. The molecule has 7 aromatic carbocycles. The Bertz CT molecular complexity index is 3250. The molecule has 0 atom stereocenters. The van der Waals surface area contributed by atoms with Crippen LogP contribution in [0.2, 0.25) is 0 Å². The molecule has 0 N–H and O–H groups in total. The molecule has 0 bridgehead atoms. The molecule has 536 valence electrons. The van der Waals surface area contributed by atoms with E-state index in [1.165, 1.54) is 0 Å². The average molecular weight is 1510 g/mol. The largest absolute Gasteiger partial charge is 0.416 e. The van der Waals surface area contributed by atoms with Gasteiger partial charge in [-0.2, -0.15) is 127 Å². The Labute approximate surface area is 567 Å². The van der Waals surface area contributed by atoms with Crippen molar-refractivity contribution in [3.05, 3.63) is 190 Å². The van der Waals surface area contributed by atoms with Crippen LogP contribution in [-0.4, -0.2) is 46.8 Å². The maximum Gasteiger partial charge on any atom is 0.416 e. The first-order valence-electron chi connectivity index (χ1n) is 30.1. The summed E-state index contributed by atoms with van der Waals surface area (Å²) >= 11 is 0. The Morgan fingerprint density at radius 1 is 0.245 bits per heavy atom. The van der Waals surface area contributed by atoms with Gasteiger partial charge in [-0.25, -0.2) is 0 Å². The van der Waals surface area contributed by atoms with Gasteiger partial charge in [0.25, 0.3) is 0 Å². The topological polar surface area (TPSA) is 0 Å². The summed E-state index contributed by atoms with van der Waals surface area (Å²) in [7, 11) is -0.891. The van der Waals surface area contributed by atoms with Crippen LogP contribution in [0.1, 0.15) is 128 Å². The molecule has 0 heterocycles. The molecule has 0 saturated carbocycles. The van der Waals surface area contributed by atoms with Gasteiger partial charge >= 0.3 is 49.4 Å². The van der Waals surface area contributed by atoms with Crippen LogP contribution in [-0.2, 0) is 66.5 Å². The van der Waals surface area contributed by atoms with E-state index in [0.717, 1.165) is 0 Å². The fraction of sp³-hybridized carbons (Fsp3) is 0.382. The summed E-state index contributed by atoms with van der Waals surface area (Å²) in [6, 6.07) is 19.8. The Hall–Kier alpha value is -5.20. The molecule has 0 aliphatic heterocycles. The van der Waals surface area contributed by atoms with E-state index in [1.807, 2.05) is 0 Å². The van der Waals surface area contributed by atoms with E-state index in [4.69, 9.17) is 0 Å². The summed E-state index contributed by atoms with van der Waals surface area (Å²) in [5, 5.41) is 4.82. The van der Waals surface area contributed by atoms with Gasteiger partial charge in [-0.15, -0.1) is 0 Å². The van der Waals surface area contributed by atoms with Gasteiger partial charge in [0.2, 0.25) is 6.71 Å². The zero-order valence-electron chi connectivity index (χ0n) is 54.2. The van der Waals surface area contributed by atoms with Crippen LogP contribution in [0.3, 0.4) is 0 Å². The molecule has 0 radical (unpaired) electrons. The second-order valence-electron chi connectivity index (χ2n) is 25.1. The smallest absolute Gasteiger partial charge is 0.194 e. The first-order valence-corrected chi connectivity index (χ1v) is 34.6. The summed E-state index contributed by atoms with van der Waals surface area (Å²) in [5.41, 5.74) is -21.7. The van der Waals surface area contributed by atoms with Gasteiger partial charge in [-0.3, -0.25) is 0 Å². The minimum absolute atomic E-state index is 0. The van der Waals surface area contributed by atoms with Gasteiger partial charge in [0.15, 0.2) is 0 Å². The Balaban J connectivity index is 0.000000372. The fourth-order valence-corrected chi connectivity index (χ4v) is 22.1. The third kappa shape index (κ3) is 19.1. The van der Waals surface area contributed by atoms with E-state index in [-0.39, 0.29) is 47.5 Å². The molecule has 0 nitrogen and oxygen atoms in total. The number of benzene rings is 7. The van der Waals surface area contributed by atoms with Crippen molar-refractivity contribution in [1.82, 2.24) is 0 Å². The number of hydrogen-bond acceptors (Lipinski definition) is 0. The Morgan fingerprint density at radius 3 is 0.520 bits per heavy atom. The van der Waals surface area contributed by atoms with Crippen LogP contribution in [0.25, 0.3) is 0 Å². The fourth-order valence-electron chi connectivity index (χ4n) is 12.9. The molecular weight excluding hydrogens is 1440 g/mol. The van der Waals surface area contributed by atoms with Gasteiger partial charge in [0, 0.05) is 17.1 Å². The molecular formula is C68H66B2F24FeP3-. The van der Waals surface area contributed by atoms with Crippen molar-refractivity contribution in [2.24, 2.45) is 0 Å².